The Morgan fingerprint density at radius 2 is 2.08 bits per heavy atom. The minimum atomic E-state index is -1.14. The van der Waals surface area contributed by atoms with Gasteiger partial charge in [0.05, 0.1) is 6.10 Å². The highest BCUT2D eigenvalue weighted by molar-refractivity contribution is 5.21. The van der Waals surface area contributed by atoms with Crippen molar-refractivity contribution in [2.75, 3.05) is 6.54 Å². The van der Waals surface area contributed by atoms with Crippen LogP contribution in [-0.2, 0) is 0 Å². The fourth-order valence-corrected chi connectivity index (χ4v) is 0.905. The topological polar surface area (TPSA) is 46.2 Å². The molecule has 3 N–H and O–H groups in total. The molecule has 0 saturated heterocycles. The molecule has 0 aliphatic carbocycles. The zero-order valence-corrected chi connectivity index (χ0v) is 6.30. The van der Waals surface area contributed by atoms with Gasteiger partial charge in [-0.15, -0.1) is 0 Å². The highest BCUT2D eigenvalue weighted by Crippen LogP contribution is 2.17. The lowest BCUT2D eigenvalue weighted by Crippen LogP contribution is -2.13. The Balaban J connectivity index is 3.07. The van der Waals surface area contributed by atoms with Crippen molar-refractivity contribution in [3.05, 3.63) is 35.4 Å². The van der Waals surface area contributed by atoms with Crippen LogP contribution < -0.4 is 5.73 Å². The molecule has 2 nitrogen and oxygen atoms in total. The average molecular weight is 173 g/mol. The van der Waals surface area contributed by atoms with E-state index in [9.17, 15) is 8.78 Å². The van der Waals surface area contributed by atoms with Gasteiger partial charge in [-0.1, -0.05) is 12.1 Å². The summed E-state index contributed by atoms with van der Waals surface area (Å²) in [7, 11) is 0. The summed E-state index contributed by atoms with van der Waals surface area (Å²) < 4.78 is 25.4. The molecule has 0 unspecified atom stereocenters. The van der Waals surface area contributed by atoms with E-state index >= 15 is 0 Å². The highest BCUT2D eigenvalue weighted by atomic mass is 19.2. The van der Waals surface area contributed by atoms with Gasteiger partial charge in [0.1, 0.15) is 0 Å². The predicted octanol–water partition coefficient (Wildman–Crippen LogP) is 0.957. The molecule has 1 aromatic rings. The van der Waals surface area contributed by atoms with Gasteiger partial charge >= 0.3 is 0 Å². The molecule has 0 amide bonds. The van der Waals surface area contributed by atoms with E-state index in [0.717, 1.165) is 6.07 Å². The van der Waals surface area contributed by atoms with E-state index in [2.05, 4.69) is 0 Å². The van der Waals surface area contributed by atoms with Crippen molar-refractivity contribution < 1.29 is 13.9 Å². The summed E-state index contributed by atoms with van der Waals surface area (Å²) in [5.41, 5.74) is 4.98. The Kier molecular flexibility index (Phi) is 2.73. The molecule has 1 rings (SSSR count). The Morgan fingerprint density at radius 3 is 2.67 bits per heavy atom. The first kappa shape index (κ1) is 9.09. The largest absolute Gasteiger partial charge is 0.387 e. The van der Waals surface area contributed by atoms with Crippen molar-refractivity contribution in [1.82, 2.24) is 0 Å². The minimum Gasteiger partial charge on any atom is -0.387 e. The summed E-state index contributed by atoms with van der Waals surface area (Å²) in [6.45, 7) is -0.125. The molecule has 0 bridgehead atoms. The molecule has 4 heteroatoms. The lowest BCUT2D eigenvalue weighted by atomic mass is 10.1. The molecule has 66 valence electrons. The first-order chi connectivity index (χ1) is 5.66. The van der Waals surface area contributed by atoms with Crippen LogP contribution in [0.25, 0.3) is 0 Å². The van der Waals surface area contributed by atoms with Crippen molar-refractivity contribution in [2.45, 2.75) is 6.10 Å². The summed E-state index contributed by atoms with van der Waals surface area (Å²) in [4.78, 5) is 0. The number of hydrogen-bond donors (Lipinski definition) is 2. The van der Waals surface area contributed by atoms with Gasteiger partial charge in [-0.25, -0.2) is 8.78 Å². The first-order valence-electron chi connectivity index (χ1n) is 3.49. The highest BCUT2D eigenvalue weighted by Gasteiger charge is 2.13. The molecule has 1 aromatic carbocycles. The SMILES string of the molecule is NC[C@@H](O)c1cccc(F)c1F. The molecule has 12 heavy (non-hydrogen) atoms. The third kappa shape index (κ3) is 1.60. The lowest BCUT2D eigenvalue weighted by Gasteiger charge is -2.08. The van der Waals surface area contributed by atoms with E-state index in [1.807, 2.05) is 0 Å². The molecular formula is C8H9F2NO. The normalized spacial score (nSPS) is 13.0. The lowest BCUT2D eigenvalue weighted by molar-refractivity contribution is 0.180. The number of benzene rings is 1. The van der Waals surface area contributed by atoms with Gasteiger partial charge in [-0.05, 0) is 6.07 Å². The molecular weight excluding hydrogens is 164 g/mol. The maximum absolute atomic E-state index is 12.8. The van der Waals surface area contributed by atoms with Gasteiger partial charge in [0, 0.05) is 12.1 Å². The average Bonchev–Trinajstić information content (AvgIpc) is 2.08. The summed E-state index contributed by atoms with van der Waals surface area (Å²) in [5, 5.41) is 9.10. The Hall–Kier alpha value is -1.00. The third-order valence-electron chi connectivity index (χ3n) is 1.56. The van der Waals surface area contributed by atoms with Gasteiger partial charge in [-0.3, -0.25) is 0 Å². The Labute approximate surface area is 68.6 Å². The molecule has 0 saturated carbocycles. The molecule has 0 heterocycles. The van der Waals surface area contributed by atoms with Crippen LogP contribution in [0.15, 0.2) is 18.2 Å². The second-order valence-electron chi connectivity index (χ2n) is 2.39. The van der Waals surface area contributed by atoms with Crippen molar-refractivity contribution in [2.24, 2.45) is 5.73 Å². The number of aliphatic hydroxyl groups is 1. The maximum Gasteiger partial charge on any atom is 0.164 e. The number of aliphatic hydroxyl groups excluding tert-OH is 1. The van der Waals surface area contributed by atoms with E-state index in [-0.39, 0.29) is 12.1 Å². The van der Waals surface area contributed by atoms with Crippen LogP contribution in [0.1, 0.15) is 11.7 Å². The zero-order valence-electron chi connectivity index (χ0n) is 6.30. The van der Waals surface area contributed by atoms with Crippen LogP contribution in [0.4, 0.5) is 8.78 Å². The van der Waals surface area contributed by atoms with Gasteiger partial charge in [-0.2, -0.15) is 0 Å². The fourth-order valence-electron chi connectivity index (χ4n) is 0.905. The minimum absolute atomic E-state index is 0.0995. The Morgan fingerprint density at radius 1 is 1.42 bits per heavy atom. The van der Waals surface area contributed by atoms with Crippen LogP contribution in [0, 0.1) is 11.6 Å². The molecule has 0 aliphatic rings. The van der Waals surface area contributed by atoms with Crippen LogP contribution in [0.3, 0.4) is 0 Å². The third-order valence-corrected chi connectivity index (χ3v) is 1.56. The number of rotatable bonds is 2. The summed E-state index contributed by atoms with van der Waals surface area (Å²) in [6.07, 6.45) is -1.14. The maximum atomic E-state index is 12.8. The van der Waals surface area contributed by atoms with Crippen LogP contribution in [0.2, 0.25) is 0 Å². The van der Waals surface area contributed by atoms with Gasteiger partial charge in [0.15, 0.2) is 11.6 Å². The molecule has 0 spiro atoms. The molecule has 1 atom stereocenters. The summed E-state index contributed by atoms with van der Waals surface area (Å²) >= 11 is 0. The fraction of sp³-hybridized carbons (Fsp3) is 0.250. The number of nitrogens with two attached hydrogens (primary N) is 1. The van der Waals surface area contributed by atoms with E-state index in [4.69, 9.17) is 10.8 Å². The monoisotopic (exact) mass is 173 g/mol. The smallest absolute Gasteiger partial charge is 0.164 e. The van der Waals surface area contributed by atoms with Crippen molar-refractivity contribution in [3.63, 3.8) is 0 Å². The summed E-state index contributed by atoms with van der Waals surface area (Å²) in [6, 6.07) is 3.62. The van der Waals surface area contributed by atoms with Crippen LogP contribution in [0.5, 0.6) is 0 Å². The molecule has 0 radical (unpaired) electrons. The quantitative estimate of drug-likeness (QED) is 0.699. The van der Waals surface area contributed by atoms with Gasteiger partial charge in [0.2, 0.25) is 0 Å². The summed E-state index contributed by atoms with van der Waals surface area (Å²) in [5.74, 6) is -2.00. The zero-order chi connectivity index (χ0) is 9.14. The van der Waals surface area contributed by atoms with Crippen molar-refractivity contribution in [1.29, 1.82) is 0 Å². The van der Waals surface area contributed by atoms with E-state index in [0.29, 0.717) is 0 Å². The first-order valence-corrected chi connectivity index (χ1v) is 3.49. The number of hydrogen-bond acceptors (Lipinski definition) is 2. The second kappa shape index (κ2) is 3.60. The molecule has 0 fully saturated rings. The van der Waals surface area contributed by atoms with Crippen LogP contribution >= 0.6 is 0 Å². The van der Waals surface area contributed by atoms with Crippen molar-refractivity contribution >= 4 is 0 Å². The Bertz CT molecular complexity index is 278. The predicted molar refractivity (Wildman–Crippen MR) is 40.4 cm³/mol. The van der Waals surface area contributed by atoms with Gasteiger partial charge < -0.3 is 10.8 Å². The van der Waals surface area contributed by atoms with E-state index < -0.39 is 17.7 Å². The van der Waals surface area contributed by atoms with Crippen LogP contribution in [-0.4, -0.2) is 11.7 Å². The second-order valence-corrected chi connectivity index (χ2v) is 2.39. The van der Waals surface area contributed by atoms with Gasteiger partial charge in [0.25, 0.3) is 0 Å². The van der Waals surface area contributed by atoms with E-state index in [1.165, 1.54) is 12.1 Å². The number of halogens is 2. The van der Waals surface area contributed by atoms with E-state index in [1.54, 1.807) is 0 Å². The standard InChI is InChI=1S/C8H9F2NO/c9-6-3-1-2-5(8(6)10)7(12)4-11/h1-3,7,12H,4,11H2/t7-/m1/s1. The molecule has 0 aromatic heterocycles. The van der Waals surface area contributed by atoms with Crippen molar-refractivity contribution in [3.8, 4) is 0 Å². The molecule has 0 aliphatic heterocycles.